The second kappa shape index (κ2) is 7.17. The summed E-state index contributed by atoms with van der Waals surface area (Å²) in [5.41, 5.74) is 0. The summed E-state index contributed by atoms with van der Waals surface area (Å²) >= 11 is 0. The van der Waals surface area contributed by atoms with Crippen molar-refractivity contribution in [3.8, 4) is 0 Å². The Hall–Kier alpha value is -0.160. The van der Waals surface area contributed by atoms with Crippen molar-refractivity contribution in [1.82, 2.24) is 0 Å². The molecular formula is C10H20O4. The van der Waals surface area contributed by atoms with Gasteiger partial charge in [-0.1, -0.05) is 0 Å². The van der Waals surface area contributed by atoms with Gasteiger partial charge in [0.2, 0.25) is 0 Å². The molecule has 84 valence electrons. The van der Waals surface area contributed by atoms with E-state index in [9.17, 15) is 0 Å². The lowest BCUT2D eigenvalue weighted by Gasteiger charge is -2.29. The van der Waals surface area contributed by atoms with Crippen LogP contribution in [0, 0.1) is 0 Å². The Kier molecular flexibility index (Phi) is 6.10. The molecule has 1 fully saturated rings. The van der Waals surface area contributed by atoms with E-state index in [4.69, 9.17) is 18.9 Å². The smallest absolute Gasteiger partial charge is 0.104 e. The SMILES string of the molecule is CCOC[C@@H]1CO[C@@H](COCC)CO1. The van der Waals surface area contributed by atoms with Crippen molar-refractivity contribution in [2.45, 2.75) is 26.1 Å². The molecular weight excluding hydrogens is 184 g/mol. The molecule has 0 unspecified atom stereocenters. The van der Waals surface area contributed by atoms with Gasteiger partial charge in [-0.2, -0.15) is 0 Å². The highest BCUT2D eigenvalue weighted by Crippen LogP contribution is 2.08. The largest absolute Gasteiger partial charge is 0.379 e. The molecule has 1 heterocycles. The number of rotatable bonds is 6. The molecule has 1 aliphatic rings. The Morgan fingerprint density at radius 1 is 0.929 bits per heavy atom. The third-order valence-corrected chi connectivity index (χ3v) is 2.05. The second-order valence-electron chi connectivity index (χ2n) is 3.23. The molecule has 0 saturated carbocycles. The van der Waals surface area contributed by atoms with Gasteiger partial charge in [-0.3, -0.25) is 0 Å². The van der Waals surface area contributed by atoms with Crippen molar-refractivity contribution in [3.63, 3.8) is 0 Å². The summed E-state index contributed by atoms with van der Waals surface area (Å²) in [6.07, 6.45) is 0.181. The third-order valence-electron chi connectivity index (χ3n) is 2.05. The lowest BCUT2D eigenvalue weighted by Crippen LogP contribution is -2.40. The average molecular weight is 204 g/mol. The van der Waals surface area contributed by atoms with Crippen LogP contribution in [0.1, 0.15) is 13.8 Å². The molecule has 1 aliphatic heterocycles. The fourth-order valence-electron chi connectivity index (χ4n) is 1.27. The maximum atomic E-state index is 5.56. The summed E-state index contributed by atoms with van der Waals surface area (Å²) in [7, 11) is 0. The standard InChI is InChI=1S/C10H20O4/c1-3-11-5-9-7-14-10(8-13-9)6-12-4-2/h9-10H,3-8H2,1-2H3/t9-,10+. The molecule has 0 N–H and O–H groups in total. The molecule has 0 spiro atoms. The van der Waals surface area contributed by atoms with Crippen molar-refractivity contribution >= 4 is 0 Å². The Bertz CT molecular complexity index is 116. The van der Waals surface area contributed by atoms with Gasteiger partial charge in [0.1, 0.15) is 12.2 Å². The van der Waals surface area contributed by atoms with Gasteiger partial charge >= 0.3 is 0 Å². The Balaban J connectivity index is 2.05. The molecule has 0 aliphatic carbocycles. The van der Waals surface area contributed by atoms with E-state index in [0.29, 0.717) is 26.4 Å². The molecule has 4 nitrogen and oxygen atoms in total. The molecule has 4 heteroatoms. The maximum absolute atomic E-state index is 5.56. The highest BCUT2D eigenvalue weighted by atomic mass is 16.6. The topological polar surface area (TPSA) is 36.9 Å². The van der Waals surface area contributed by atoms with Crippen LogP contribution in [0.3, 0.4) is 0 Å². The maximum Gasteiger partial charge on any atom is 0.104 e. The minimum Gasteiger partial charge on any atom is -0.379 e. The first-order valence-corrected chi connectivity index (χ1v) is 5.25. The van der Waals surface area contributed by atoms with Crippen LogP contribution in [-0.2, 0) is 18.9 Å². The van der Waals surface area contributed by atoms with E-state index < -0.39 is 0 Å². The minimum absolute atomic E-state index is 0.0906. The van der Waals surface area contributed by atoms with E-state index in [0.717, 1.165) is 13.2 Å². The molecule has 0 amide bonds. The van der Waals surface area contributed by atoms with E-state index in [2.05, 4.69) is 0 Å². The van der Waals surface area contributed by atoms with E-state index in [1.165, 1.54) is 0 Å². The van der Waals surface area contributed by atoms with Crippen LogP contribution in [-0.4, -0.2) is 51.8 Å². The van der Waals surface area contributed by atoms with Gasteiger partial charge in [-0.05, 0) is 13.8 Å². The third kappa shape index (κ3) is 4.37. The summed E-state index contributed by atoms with van der Waals surface area (Å²) < 4.78 is 21.6. The fourth-order valence-corrected chi connectivity index (χ4v) is 1.27. The van der Waals surface area contributed by atoms with Crippen molar-refractivity contribution in [2.24, 2.45) is 0 Å². The summed E-state index contributed by atoms with van der Waals surface area (Å²) in [5.74, 6) is 0. The predicted octanol–water partition coefficient (Wildman–Crippen LogP) is 0.843. The first kappa shape index (κ1) is 11.9. The molecule has 14 heavy (non-hydrogen) atoms. The van der Waals surface area contributed by atoms with Crippen molar-refractivity contribution in [1.29, 1.82) is 0 Å². The molecule has 0 radical (unpaired) electrons. The zero-order valence-electron chi connectivity index (χ0n) is 9.03. The summed E-state index contributed by atoms with van der Waals surface area (Å²) in [4.78, 5) is 0. The van der Waals surface area contributed by atoms with Crippen LogP contribution < -0.4 is 0 Å². The molecule has 2 atom stereocenters. The van der Waals surface area contributed by atoms with Crippen LogP contribution in [0.4, 0.5) is 0 Å². The van der Waals surface area contributed by atoms with Crippen molar-refractivity contribution in [3.05, 3.63) is 0 Å². The lowest BCUT2D eigenvalue weighted by molar-refractivity contribution is -0.165. The van der Waals surface area contributed by atoms with Crippen LogP contribution in [0.2, 0.25) is 0 Å². The van der Waals surface area contributed by atoms with Gasteiger partial charge in [-0.15, -0.1) is 0 Å². The molecule has 0 bridgehead atoms. The Labute approximate surface area is 85.5 Å². The molecule has 1 rings (SSSR count). The predicted molar refractivity (Wildman–Crippen MR) is 52.5 cm³/mol. The number of hydrogen-bond acceptors (Lipinski definition) is 4. The van der Waals surface area contributed by atoms with E-state index in [-0.39, 0.29) is 12.2 Å². The van der Waals surface area contributed by atoms with Crippen LogP contribution in [0.15, 0.2) is 0 Å². The lowest BCUT2D eigenvalue weighted by atomic mass is 10.3. The van der Waals surface area contributed by atoms with Gasteiger partial charge in [-0.25, -0.2) is 0 Å². The quantitative estimate of drug-likeness (QED) is 0.642. The normalized spacial score (nSPS) is 27.9. The second-order valence-corrected chi connectivity index (χ2v) is 3.23. The van der Waals surface area contributed by atoms with Crippen molar-refractivity contribution < 1.29 is 18.9 Å². The Morgan fingerprint density at radius 2 is 1.36 bits per heavy atom. The van der Waals surface area contributed by atoms with Crippen LogP contribution in [0.5, 0.6) is 0 Å². The highest BCUT2D eigenvalue weighted by Gasteiger charge is 2.22. The van der Waals surface area contributed by atoms with Crippen molar-refractivity contribution in [2.75, 3.05) is 39.6 Å². The molecule has 1 saturated heterocycles. The highest BCUT2D eigenvalue weighted by molar-refractivity contribution is 4.67. The molecule has 0 aromatic heterocycles. The van der Waals surface area contributed by atoms with E-state index in [1.54, 1.807) is 0 Å². The first-order chi connectivity index (χ1) is 6.86. The van der Waals surface area contributed by atoms with Crippen LogP contribution in [0.25, 0.3) is 0 Å². The molecule has 0 aromatic rings. The zero-order valence-corrected chi connectivity index (χ0v) is 9.03. The van der Waals surface area contributed by atoms with Gasteiger partial charge in [0.25, 0.3) is 0 Å². The molecule has 0 aromatic carbocycles. The Morgan fingerprint density at radius 3 is 1.64 bits per heavy atom. The van der Waals surface area contributed by atoms with Gasteiger partial charge in [0.15, 0.2) is 0 Å². The summed E-state index contributed by atoms with van der Waals surface area (Å²) in [6, 6.07) is 0. The fraction of sp³-hybridized carbons (Fsp3) is 1.00. The number of ether oxygens (including phenoxy) is 4. The monoisotopic (exact) mass is 204 g/mol. The van der Waals surface area contributed by atoms with E-state index >= 15 is 0 Å². The number of hydrogen-bond donors (Lipinski definition) is 0. The van der Waals surface area contributed by atoms with Gasteiger partial charge in [0, 0.05) is 13.2 Å². The minimum atomic E-state index is 0.0906. The summed E-state index contributed by atoms with van der Waals surface area (Å²) in [5, 5.41) is 0. The van der Waals surface area contributed by atoms with Crippen LogP contribution >= 0.6 is 0 Å². The van der Waals surface area contributed by atoms with Gasteiger partial charge < -0.3 is 18.9 Å². The van der Waals surface area contributed by atoms with Gasteiger partial charge in [0.05, 0.1) is 26.4 Å². The average Bonchev–Trinajstić information content (AvgIpc) is 2.25. The summed E-state index contributed by atoms with van der Waals surface area (Å²) in [6.45, 7) is 7.86. The first-order valence-electron chi connectivity index (χ1n) is 5.25. The zero-order chi connectivity index (χ0) is 10.2. The van der Waals surface area contributed by atoms with E-state index in [1.807, 2.05) is 13.8 Å².